The number of rotatable bonds is 6. The molecular weight excluding hydrogens is 390 g/mol. The Morgan fingerprint density at radius 2 is 1.97 bits per heavy atom. The van der Waals surface area contributed by atoms with E-state index in [0.717, 1.165) is 24.2 Å². The van der Waals surface area contributed by atoms with E-state index >= 15 is 0 Å². The molecule has 2 aliphatic rings. The third kappa shape index (κ3) is 5.00. The predicted molar refractivity (Wildman–Crippen MR) is 118 cm³/mol. The molecule has 4 rings (SSSR count). The molecule has 160 valence electrons. The van der Waals surface area contributed by atoms with Gasteiger partial charge in [-0.3, -0.25) is 4.79 Å². The van der Waals surface area contributed by atoms with Gasteiger partial charge in [-0.25, -0.2) is 0 Å². The molecule has 6 nitrogen and oxygen atoms in total. The number of benzene rings is 2. The number of nitriles is 1. The van der Waals surface area contributed by atoms with Gasteiger partial charge >= 0.3 is 0 Å². The average molecular weight is 418 g/mol. The van der Waals surface area contributed by atoms with Crippen LogP contribution in [0.25, 0.3) is 0 Å². The second-order valence-electron chi connectivity index (χ2n) is 8.01. The Morgan fingerprint density at radius 3 is 2.77 bits per heavy atom. The normalized spacial score (nSPS) is 18.3. The molecule has 31 heavy (non-hydrogen) atoms. The molecule has 1 aliphatic heterocycles. The van der Waals surface area contributed by atoms with E-state index in [1.165, 1.54) is 30.2 Å². The van der Waals surface area contributed by atoms with Crippen LogP contribution in [0, 0.1) is 11.3 Å². The van der Waals surface area contributed by atoms with Gasteiger partial charge in [-0.05, 0) is 61.4 Å². The number of carbonyl (C=O) groups is 1. The summed E-state index contributed by atoms with van der Waals surface area (Å²) in [5.41, 5.74) is 3.87. The highest BCUT2D eigenvalue weighted by atomic mass is 16.6. The zero-order valence-electron chi connectivity index (χ0n) is 17.7. The number of amides is 1. The zero-order valence-corrected chi connectivity index (χ0v) is 17.7. The van der Waals surface area contributed by atoms with Crippen LogP contribution in [0.3, 0.4) is 0 Å². The molecule has 0 spiro atoms. The lowest BCUT2D eigenvalue weighted by Crippen LogP contribution is -2.37. The Labute approximate surface area is 182 Å². The van der Waals surface area contributed by atoms with Crippen molar-refractivity contribution in [2.45, 2.75) is 44.8 Å². The van der Waals surface area contributed by atoms with Crippen molar-refractivity contribution in [3.05, 3.63) is 70.9 Å². The van der Waals surface area contributed by atoms with Crippen LogP contribution in [0.2, 0.25) is 0 Å². The second-order valence-corrected chi connectivity index (χ2v) is 8.01. The summed E-state index contributed by atoms with van der Waals surface area (Å²) in [6.45, 7) is 2.77. The zero-order chi connectivity index (χ0) is 21.6. The topological polar surface area (TPSA) is 83.4 Å². The lowest BCUT2D eigenvalue weighted by atomic mass is 9.89. The number of aryl methyl sites for hydroxylation is 2. The van der Waals surface area contributed by atoms with Crippen LogP contribution in [-0.2, 0) is 17.6 Å². The van der Waals surface area contributed by atoms with Crippen molar-refractivity contribution in [1.82, 2.24) is 10.6 Å². The number of hydrogen-bond acceptors (Lipinski definition) is 5. The van der Waals surface area contributed by atoms with Crippen molar-refractivity contribution < 1.29 is 14.3 Å². The molecule has 2 unspecified atom stereocenters. The standard InChI is InChI=1S/C25H27N3O3/c1-17(19-11-10-18-6-2-3-7-20(18)12-19)28-25(29)21(13-26)14-27-15-22-16-30-23-8-4-5-9-24(23)31-22/h4-5,8-12,14,17,22,27H,2-3,6-7,15-16H2,1H3,(H,28,29)/b21-14-. The van der Waals surface area contributed by atoms with Crippen molar-refractivity contribution in [3.63, 3.8) is 0 Å². The van der Waals surface area contributed by atoms with Crippen molar-refractivity contribution in [3.8, 4) is 17.6 Å². The molecule has 1 amide bonds. The van der Waals surface area contributed by atoms with Gasteiger partial charge in [0.1, 0.15) is 24.4 Å². The van der Waals surface area contributed by atoms with E-state index in [4.69, 9.17) is 9.47 Å². The number of hydrogen-bond donors (Lipinski definition) is 2. The Balaban J connectivity index is 1.32. The molecule has 1 heterocycles. The van der Waals surface area contributed by atoms with Gasteiger partial charge in [-0.1, -0.05) is 30.3 Å². The quantitative estimate of drug-likeness (QED) is 0.554. The molecule has 0 fully saturated rings. The summed E-state index contributed by atoms with van der Waals surface area (Å²) in [5.74, 6) is 1.02. The number of carbonyl (C=O) groups excluding carboxylic acids is 1. The number of para-hydroxylation sites is 2. The van der Waals surface area contributed by atoms with E-state index in [1.807, 2.05) is 37.3 Å². The number of fused-ring (bicyclic) bond motifs is 2. The van der Waals surface area contributed by atoms with Gasteiger partial charge in [-0.15, -0.1) is 0 Å². The van der Waals surface area contributed by atoms with E-state index in [1.54, 1.807) is 0 Å². The fourth-order valence-electron chi connectivity index (χ4n) is 3.99. The van der Waals surface area contributed by atoms with Crippen LogP contribution in [0.5, 0.6) is 11.5 Å². The monoisotopic (exact) mass is 417 g/mol. The van der Waals surface area contributed by atoms with Crippen molar-refractivity contribution in [2.24, 2.45) is 0 Å². The molecule has 6 heteroatoms. The average Bonchev–Trinajstić information content (AvgIpc) is 2.81. The Morgan fingerprint density at radius 1 is 1.19 bits per heavy atom. The summed E-state index contributed by atoms with van der Waals surface area (Å²) in [6.07, 6.45) is 5.92. The molecule has 0 saturated heterocycles. The molecule has 2 aromatic carbocycles. The van der Waals surface area contributed by atoms with Gasteiger partial charge in [-0.2, -0.15) is 5.26 Å². The van der Waals surface area contributed by atoms with Gasteiger partial charge in [0.25, 0.3) is 5.91 Å². The van der Waals surface area contributed by atoms with Crippen molar-refractivity contribution in [2.75, 3.05) is 13.2 Å². The third-order valence-corrected chi connectivity index (χ3v) is 5.74. The van der Waals surface area contributed by atoms with E-state index in [9.17, 15) is 10.1 Å². The maximum absolute atomic E-state index is 12.6. The van der Waals surface area contributed by atoms with Crippen LogP contribution in [-0.4, -0.2) is 25.2 Å². The van der Waals surface area contributed by atoms with E-state index in [2.05, 4.69) is 28.8 Å². The summed E-state index contributed by atoms with van der Waals surface area (Å²) >= 11 is 0. The fraction of sp³-hybridized carbons (Fsp3) is 0.360. The molecular formula is C25H27N3O3. The van der Waals surface area contributed by atoms with Crippen LogP contribution < -0.4 is 20.1 Å². The molecule has 1 aliphatic carbocycles. The van der Waals surface area contributed by atoms with Gasteiger partial charge in [0.15, 0.2) is 11.5 Å². The number of nitrogens with one attached hydrogen (secondary N) is 2. The van der Waals surface area contributed by atoms with Crippen molar-refractivity contribution in [1.29, 1.82) is 5.26 Å². The summed E-state index contributed by atoms with van der Waals surface area (Å²) in [5, 5.41) is 15.4. The maximum Gasteiger partial charge on any atom is 0.263 e. The number of nitrogens with zero attached hydrogens (tertiary/aromatic N) is 1. The second kappa shape index (κ2) is 9.57. The summed E-state index contributed by atoms with van der Waals surface area (Å²) in [7, 11) is 0. The molecule has 0 aromatic heterocycles. The molecule has 2 N–H and O–H groups in total. The van der Waals surface area contributed by atoms with Crippen LogP contribution in [0.4, 0.5) is 0 Å². The SMILES string of the molecule is CC(NC(=O)/C(C#N)=C\NCC1COc2ccccc2O1)c1ccc2c(c1)CCCC2. The van der Waals surface area contributed by atoms with Crippen molar-refractivity contribution >= 4 is 5.91 Å². The Hall–Kier alpha value is -3.46. The highest BCUT2D eigenvalue weighted by Gasteiger charge is 2.20. The lowest BCUT2D eigenvalue weighted by Gasteiger charge is -2.26. The molecule has 0 saturated carbocycles. The maximum atomic E-state index is 12.6. The summed E-state index contributed by atoms with van der Waals surface area (Å²) in [6, 6.07) is 15.7. The minimum Gasteiger partial charge on any atom is -0.486 e. The smallest absolute Gasteiger partial charge is 0.263 e. The van der Waals surface area contributed by atoms with E-state index in [0.29, 0.717) is 18.9 Å². The molecule has 2 atom stereocenters. The van der Waals surface area contributed by atoms with Gasteiger partial charge in [0.2, 0.25) is 0 Å². The first-order chi connectivity index (χ1) is 15.1. The molecule has 0 radical (unpaired) electrons. The predicted octanol–water partition coefficient (Wildman–Crippen LogP) is 3.58. The van der Waals surface area contributed by atoms with Crippen LogP contribution in [0.1, 0.15) is 42.5 Å². The fourth-order valence-corrected chi connectivity index (χ4v) is 3.99. The Bertz CT molecular complexity index is 1020. The lowest BCUT2D eigenvalue weighted by molar-refractivity contribution is -0.117. The summed E-state index contributed by atoms with van der Waals surface area (Å²) < 4.78 is 11.6. The minimum absolute atomic E-state index is 0.0296. The van der Waals surface area contributed by atoms with E-state index < -0.39 is 5.91 Å². The molecule has 0 bridgehead atoms. The minimum atomic E-state index is -0.397. The van der Waals surface area contributed by atoms with Gasteiger partial charge < -0.3 is 20.1 Å². The number of ether oxygens (including phenoxy) is 2. The Kier molecular flexibility index (Phi) is 6.42. The van der Waals surface area contributed by atoms with Gasteiger partial charge in [0.05, 0.1) is 12.6 Å². The summed E-state index contributed by atoms with van der Waals surface area (Å²) in [4.78, 5) is 12.6. The first kappa shape index (κ1) is 20.8. The van der Waals surface area contributed by atoms with Crippen LogP contribution >= 0.6 is 0 Å². The third-order valence-electron chi connectivity index (χ3n) is 5.74. The largest absolute Gasteiger partial charge is 0.486 e. The van der Waals surface area contributed by atoms with E-state index in [-0.39, 0.29) is 17.7 Å². The van der Waals surface area contributed by atoms with Gasteiger partial charge in [0, 0.05) is 6.20 Å². The first-order valence-corrected chi connectivity index (χ1v) is 10.8. The first-order valence-electron chi connectivity index (χ1n) is 10.8. The molecule has 2 aromatic rings. The highest BCUT2D eigenvalue weighted by molar-refractivity contribution is 5.97. The highest BCUT2D eigenvalue weighted by Crippen LogP contribution is 2.30. The van der Waals surface area contributed by atoms with Crippen LogP contribution in [0.15, 0.2) is 54.2 Å².